The number of hydrogen-bond acceptors (Lipinski definition) is 2. The van der Waals surface area contributed by atoms with Crippen LogP contribution in [0.4, 0.5) is 10.5 Å². The van der Waals surface area contributed by atoms with Gasteiger partial charge in [-0.2, -0.15) is 0 Å². The summed E-state index contributed by atoms with van der Waals surface area (Å²) in [5.41, 5.74) is 3.22. The molecule has 2 fully saturated rings. The molecule has 2 bridgehead atoms. The SMILES string of the molecule is Cc1cc(C)cc(NC(=O)NC2C[C@H]3CC[C@H](C2)[NH+]3Cc2cccs2)c1. The third-order valence-corrected chi connectivity index (χ3v) is 6.70. The van der Waals surface area contributed by atoms with Crippen LogP contribution < -0.4 is 15.5 Å². The summed E-state index contributed by atoms with van der Waals surface area (Å²) < 4.78 is 0. The fourth-order valence-electron chi connectivity index (χ4n) is 4.85. The minimum Gasteiger partial charge on any atom is -0.335 e. The number of nitrogens with one attached hydrogen (secondary N) is 3. The van der Waals surface area contributed by atoms with Gasteiger partial charge in [-0.15, -0.1) is 11.3 Å². The van der Waals surface area contributed by atoms with Crippen molar-refractivity contribution in [2.45, 2.75) is 64.2 Å². The van der Waals surface area contributed by atoms with Crippen LogP contribution in [0.15, 0.2) is 35.7 Å². The van der Waals surface area contributed by atoms with E-state index >= 15 is 0 Å². The summed E-state index contributed by atoms with van der Waals surface area (Å²) >= 11 is 1.86. The molecule has 4 rings (SSSR count). The Bertz CT molecular complexity index is 739. The van der Waals surface area contributed by atoms with E-state index in [1.165, 1.54) is 28.8 Å². The van der Waals surface area contributed by atoms with Crippen molar-refractivity contribution in [3.63, 3.8) is 0 Å². The molecule has 2 amide bonds. The Balaban J connectivity index is 1.33. The number of quaternary nitrogens is 1. The van der Waals surface area contributed by atoms with E-state index in [2.05, 4.69) is 48.1 Å². The predicted molar refractivity (Wildman–Crippen MR) is 107 cm³/mol. The molecule has 2 atom stereocenters. The van der Waals surface area contributed by atoms with Gasteiger partial charge < -0.3 is 15.5 Å². The maximum atomic E-state index is 12.4. The molecule has 1 aromatic heterocycles. The molecule has 5 heteroatoms. The molecule has 3 N–H and O–H groups in total. The van der Waals surface area contributed by atoms with Gasteiger partial charge in [-0.25, -0.2) is 4.79 Å². The molecule has 138 valence electrons. The highest BCUT2D eigenvalue weighted by atomic mass is 32.1. The van der Waals surface area contributed by atoms with Crippen molar-refractivity contribution in [1.29, 1.82) is 0 Å². The molecule has 4 nitrogen and oxygen atoms in total. The molecule has 0 radical (unpaired) electrons. The van der Waals surface area contributed by atoms with Gasteiger partial charge in [-0.3, -0.25) is 0 Å². The minimum absolute atomic E-state index is 0.0684. The van der Waals surface area contributed by atoms with Gasteiger partial charge in [0.15, 0.2) is 0 Å². The molecule has 2 aliphatic rings. The Labute approximate surface area is 159 Å². The Hall–Kier alpha value is -1.85. The molecular weight excluding hydrogens is 342 g/mol. The predicted octanol–water partition coefficient (Wildman–Crippen LogP) is 3.26. The fourth-order valence-corrected chi connectivity index (χ4v) is 5.59. The number of benzene rings is 1. The van der Waals surface area contributed by atoms with E-state index in [-0.39, 0.29) is 6.03 Å². The van der Waals surface area contributed by atoms with Crippen molar-refractivity contribution in [2.24, 2.45) is 0 Å². The lowest BCUT2D eigenvalue weighted by molar-refractivity contribution is -0.954. The normalized spacial score (nSPS) is 27.3. The highest BCUT2D eigenvalue weighted by Gasteiger charge is 2.44. The minimum atomic E-state index is -0.0684. The molecule has 2 aliphatic heterocycles. The van der Waals surface area contributed by atoms with Gasteiger partial charge in [0.1, 0.15) is 6.54 Å². The highest BCUT2D eigenvalue weighted by Crippen LogP contribution is 2.24. The van der Waals surface area contributed by atoms with Gasteiger partial charge in [0.05, 0.1) is 17.0 Å². The zero-order chi connectivity index (χ0) is 18.1. The van der Waals surface area contributed by atoms with Crippen LogP contribution in [0.5, 0.6) is 0 Å². The Kier molecular flexibility index (Phi) is 5.00. The first kappa shape index (κ1) is 17.6. The number of amides is 2. The summed E-state index contributed by atoms with van der Waals surface area (Å²) in [6.45, 7) is 5.26. The van der Waals surface area contributed by atoms with Crippen LogP contribution in [0, 0.1) is 13.8 Å². The largest absolute Gasteiger partial charge is 0.335 e. The zero-order valence-corrected chi connectivity index (χ0v) is 16.4. The van der Waals surface area contributed by atoms with Crippen molar-refractivity contribution in [1.82, 2.24) is 5.32 Å². The molecule has 0 unspecified atom stereocenters. The van der Waals surface area contributed by atoms with Crippen LogP contribution in [-0.2, 0) is 6.54 Å². The molecule has 0 aliphatic carbocycles. The van der Waals surface area contributed by atoms with E-state index in [4.69, 9.17) is 0 Å². The lowest BCUT2D eigenvalue weighted by Gasteiger charge is -2.36. The van der Waals surface area contributed by atoms with Crippen molar-refractivity contribution in [3.05, 3.63) is 51.7 Å². The maximum absolute atomic E-state index is 12.4. The number of piperidine rings is 1. The van der Waals surface area contributed by atoms with Crippen molar-refractivity contribution in [2.75, 3.05) is 5.32 Å². The first-order valence-electron chi connectivity index (χ1n) is 9.60. The number of carbonyl (C=O) groups is 1. The van der Waals surface area contributed by atoms with Crippen LogP contribution in [0.25, 0.3) is 0 Å². The van der Waals surface area contributed by atoms with Gasteiger partial charge in [-0.1, -0.05) is 12.1 Å². The number of rotatable bonds is 4. The summed E-state index contributed by atoms with van der Waals surface area (Å²) in [7, 11) is 0. The first-order chi connectivity index (χ1) is 12.6. The summed E-state index contributed by atoms with van der Waals surface area (Å²) in [6, 6.07) is 12.1. The van der Waals surface area contributed by atoms with Gasteiger partial charge >= 0.3 is 6.03 Å². The standard InChI is InChI=1S/C21H27N3OS/c1-14-8-15(2)10-16(9-14)22-21(25)23-17-11-18-5-6-19(12-17)24(18)13-20-4-3-7-26-20/h3-4,7-10,17-19H,5-6,11-13H2,1-2H3,(H2,22,23,25)/p+1/t18-,19-/m1/s1. The average Bonchev–Trinajstić information content (AvgIpc) is 3.14. The van der Waals surface area contributed by atoms with Crippen molar-refractivity contribution >= 4 is 23.1 Å². The second kappa shape index (κ2) is 7.41. The number of thiophene rings is 1. The maximum Gasteiger partial charge on any atom is 0.319 e. The molecule has 1 aromatic carbocycles. The van der Waals surface area contributed by atoms with E-state index in [0.29, 0.717) is 18.1 Å². The Morgan fingerprint density at radius 3 is 2.46 bits per heavy atom. The molecule has 2 saturated heterocycles. The monoisotopic (exact) mass is 370 g/mol. The van der Waals surface area contributed by atoms with Gasteiger partial charge in [-0.05, 0) is 48.6 Å². The smallest absolute Gasteiger partial charge is 0.319 e. The van der Waals surface area contributed by atoms with Crippen molar-refractivity contribution in [3.8, 4) is 0 Å². The average molecular weight is 371 g/mol. The molecule has 0 saturated carbocycles. The highest BCUT2D eigenvalue weighted by molar-refractivity contribution is 7.09. The Morgan fingerprint density at radius 2 is 1.85 bits per heavy atom. The van der Waals surface area contributed by atoms with E-state index in [1.54, 1.807) is 4.90 Å². The molecule has 2 aromatic rings. The number of urea groups is 1. The zero-order valence-electron chi connectivity index (χ0n) is 15.5. The molecule has 0 spiro atoms. The topological polar surface area (TPSA) is 45.6 Å². The number of hydrogen-bond donors (Lipinski definition) is 3. The summed E-state index contributed by atoms with van der Waals surface area (Å²) in [5.74, 6) is 0. The van der Waals surface area contributed by atoms with Gasteiger partial charge in [0.25, 0.3) is 0 Å². The number of fused-ring (bicyclic) bond motifs is 2. The number of anilines is 1. The molecule has 3 heterocycles. The van der Waals surface area contributed by atoms with Crippen LogP contribution in [0.3, 0.4) is 0 Å². The van der Waals surface area contributed by atoms with Gasteiger partial charge in [0.2, 0.25) is 0 Å². The van der Waals surface area contributed by atoms with E-state index < -0.39 is 0 Å². The second-order valence-corrected chi connectivity index (χ2v) is 8.98. The van der Waals surface area contributed by atoms with E-state index in [0.717, 1.165) is 25.1 Å². The lowest BCUT2D eigenvalue weighted by Crippen LogP contribution is -3.17. The quantitative estimate of drug-likeness (QED) is 0.760. The van der Waals surface area contributed by atoms with Crippen LogP contribution in [-0.4, -0.2) is 24.2 Å². The van der Waals surface area contributed by atoms with Gasteiger partial charge in [0, 0.05) is 37.4 Å². The lowest BCUT2D eigenvalue weighted by atomic mass is 9.97. The second-order valence-electron chi connectivity index (χ2n) is 7.95. The third-order valence-electron chi connectivity index (χ3n) is 5.82. The van der Waals surface area contributed by atoms with Crippen molar-refractivity contribution < 1.29 is 9.69 Å². The first-order valence-corrected chi connectivity index (χ1v) is 10.5. The van der Waals surface area contributed by atoms with Crippen LogP contribution in [0.2, 0.25) is 0 Å². The van der Waals surface area contributed by atoms with Crippen LogP contribution >= 0.6 is 11.3 Å². The third kappa shape index (κ3) is 3.94. The number of aryl methyl sites for hydroxylation is 2. The summed E-state index contributed by atoms with van der Waals surface area (Å²) in [4.78, 5) is 15.7. The fraction of sp³-hybridized carbons (Fsp3) is 0.476. The van der Waals surface area contributed by atoms with Crippen LogP contribution in [0.1, 0.15) is 41.7 Å². The Morgan fingerprint density at radius 1 is 1.15 bits per heavy atom. The summed E-state index contributed by atoms with van der Waals surface area (Å²) in [6.07, 6.45) is 4.78. The van der Waals surface area contributed by atoms with E-state index in [1.807, 2.05) is 23.5 Å². The summed E-state index contributed by atoms with van der Waals surface area (Å²) in [5, 5.41) is 8.41. The van der Waals surface area contributed by atoms with E-state index in [9.17, 15) is 4.79 Å². The molecule has 26 heavy (non-hydrogen) atoms. The molecular formula is C21H28N3OS+. The number of carbonyl (C=O) groups excluding carboxylic acids is 1.